The summed E-state index contributed by atoms with van der Waals surface area (Å²) in [4.78, 5) is 16.0. The van der Waals surface area contributed by atoms with Crippen molar-refractivity contribution < 1.29 is 5.11 Å². The second-order valence-electron chi connectivity index (χ2n) is 9.38. The highest BCUT2D eigenvalue weighted by molar-refractivity contribution is 5.74. The smallest absolute Gasteiger partial charge is 0.206 e. The van der Waals surface area contributed by atoms with E-state index < -0.39 is 0 Å². The normalized spacial score (nSPS) is 18.5. The van der Waals surface area contributed by atoms with Gasteiger partial charge in [-0.3, -0.25) is 4.90 Å². The zero-order valence-electron chi connectivity index (χ0n) is 20.6. The van der Waals surface area contributed by atoms with E-state index in [4.69, 9.17) is 10.7 Å². The molecule has 2 saturated heterocycles. The van der Waals surface area contributed by atoms with Crippen molar-refractivity contribution in [2.45, 2.75) is 32.2 Å². The Bertz CT molecular complexity index is 1260. The Kier molecular flexibility index (Phi) is 7.14. The van der Waals surface area contributed by atoms with Gasteiger partial charge in [-0.2, -0.15) is 0 Å². The molecule has 1 aromatic carbocycles. The lowest BCUT2D eigenvalue weighted by Crippen LogP contribution is -2.52. The first kappa shape index (κ1) is 23.8. The topological polar surface area (TPSA) is 108 Å². The molecule has 5 rings (SSSR count). The minimum absolute atomic E-state index is 0.158. The van der Waals surface area contributed by atoms with Gasteiger partial charge in [0.05, 0.1) is 17.9 Å². The van der Waals surface area contributed by atoms with Gasteiger partial charge in [0.25, 0.3) is 0 Å². The van der Waals surface area contributed by atoms with E-state index in [1.54, 1.807) is 18.3 Å². The van der Waals surface area contributed by atoms with Crippen LogP contribution in [0.25, 0.3) is 11.3 Å². The highest BCUT2D eigenvalue weighted by Gasteiger charge is 2.27. The van der Waals surface area contributed by atoms with Crippen LogP contribution >= 0.6 is 0 Å². The van der Waals surface area contributed by atoms with E-state index in [-0.39, 0.29) is 11.8 Å². The average Bonchev–Trinajstić information content (AvgIpc) is 2.90. The lowest BCUT2D eigenvalue weighted by atomic mass is 10.1. The number of hydrogen-bond donors (Lipinski definition) is 2. The summed E-state index contributed by atoms with van der Waals surface area (Å²) >= 11 is 0. The number of nitrogens with zero attached hydrogens (tertiary/aromatic N) is 7. The fourth-order valence-corrected chi connectivity index (χ4v) is 4.90. The van der Waals surface area contributed by atoms with Crippen molar-refractivity contribution in [2.75, 3.05) is 54.8 Å². The number of likely N-dealkylation sites (tertiary alicyclic amines) is 1. The number of para-hydroxylation sites is 1. The van der Waals surface area contributed by atoms with Crippen molar-refractivity contribution in [3.63, 3.8) is 0 Å². The number of rotatable bonds is 4. The molecule has 0 radical (unpaired) electrons. The second kappa shape index (κ2) is 10.8. The van der Waals surface area contributed by atoms with Crippen molar-refractivity contribution in [3.8, 4) is 28.8 Å². The quantitative estimate of drug-likeness (QED) is 0.541. The molecule has 9 heteroatoms. The Labute approximate surface area is 212 Å². The van der Waals surface area contributed by atoms with Crippen molar-refractivity contribution in [1.29, 1.82) is 0 Å². The fraction of sp³-hybridized carbons (Fsp3) is 0.407. The number of nitrogen functional groups attached to an aromatic ring is 1. The van der Waals surface area contributed by atoms with Crippen LogP contribution in [0.4, 0.5) is 17.3 Å². The number of phenolic OH excluding ortho intramolecular Hbond substituents is 1. The monoisotopic (exact) mass is 484 g/mol. The molecule has 0 saturated carbocycles. The van der Waals surface area contributed by atoms with Crippen LogP contribution in [0.15, 0.2) is 42.6 Å². The maximum atomic E-state index is 10.2. The summed E-state index contributed by atoms with van der Waals surface area (Å²) in [6.07, 6.45) is 5.63. The minimum Gasteiger partial charge on any atom is -0.507 e. The van der Waals surface area contributed by atoms with Gasteiger partial charge in [0, 0.05) is 37.4 Å². The maximum absolute atomic E-state index is 10.2. The Hall–Kier alpha value is -3.90. The number of hydrogen-bond acceptors (Lipinski definition) is 9. The summed E-state index contributed by atoms with van der Waals surface area (Å²) in [5.41, 5.74) is 8.28. The lowest BCUT2D eigenvalue weighted by Gasteiger charge is -2.41. The average molecular weight is 485 g/mol. The van der Waals surface area contributed by atoms with E-state index in [0.717, 1.165) is 50.8 Å². The zero-order valence-corrected chi connectivity index (χ0v) is 20.6. The number of piperazine rings is 1. The molecule has 2 aliphatic heterocycles. The molecule has 1 atom stereocenters. The minimum atomic E-state index is 0.158. The molecular weight excluding hydrogens is 452 g/mol. The van der Waals surface area contributed by atoms with Crippen LogP contribution in [0.2, 0.25) is 0 Å². The first-order valence-corrected chi connectivity index (χ1v) is 12.6. The number of benzene rings is 1. The van der Waals surface area contributed by atoms with Crippen LogP contribution in [0.1, 0.15) is 32.0 Å². The van der Waals surface area contributed by atoms with E-state index in [1.807, 2.05) is 24.3 Å². The van der Waals surface area contributed by atoms with Crippen LogP contribution in [-0.4, -0.2) is 75.5 Å². The van der Waals surface area contributed by atoms with Crippen molar-refractivity contribution in [1.82, 2.24) is 25.1 Å². The Morgan fingerprint density at radius 2 is 1.89 bits per heavy atom. The van der Waals surface area contributed by atoms with Gasteiger partial charge in [0.15, 0.2) is 5.82 Å². The van der Waals surface area contributed by atoms with Crippen LogP contribution in [0.3, 0.4) is 0 Å². The predicted molar refractivity (Wildman–Crippen MR) is 142 cm³/mol. The van der Waals surface area contributed by atoms with Gasteiger partial charge in [0.1, 0.15) is 11.6 Å². The Morgan fingerprint density at radius 3 is 2.69 bits per heavy atom. The third-order valence-corrected chi connectivity index (χ3v) is 6.83. The molecule has 3 N–H and O–H groups in total. The van der Waals surface area contributed by atoms with Crippen molar-refractivity contribution in [2.24, 2.45) is 0 Å². The molecular formula is C27H32N8O. The van der Waals surface area contributed by atoms with Crippen LogP contribution in [-0.2, 0) is 0 Å². The maximum Gasteiger partial charge on any atom is 0.206 e. The third-order valence-electron chi connectivity index (χ3n) is 6.83. The molecule has 186 valence electrons. The molecule has 36 heavy (non-hydrogen) atoms. The predicted octanol–water partition coefficient (Wildman–Crippen LogP) is 2.77. The molecule has 0 unspecified atom stereocenters. The van der Waals surface area contributed by atoms with Gasteiger partial charge < -0.3 is 20.6 Å². The van der Waals surface area contributed by atoms with Gasteiger partial charge in [-0.05, 0) is 63.0 Å². The van der Waals surface area contributed by atoms with Crippen LogP contribution < -0.4 is 15.5 Å². The first-order valence-electron chi connectivity index (χ1n) is 12.6. The standard InChI is InChI=1S/C27H32N8O/c1-20-19-34(26-11-12-29-25(30-26)10-7-15-33-13-5-2-6-14-33)16-17-35(20)23-18-22(31-32-27(23)28)21-8-3-4-9-24(21)36/h3-4,8-9,11-12,18,20,36H,2,5-6,13-17,19H2,1H3,(H2,28,32)/t20-/m0/s1. The van der Waals surface area contributed by atoms with Gasteiger partial charge in [-0.25, -0.2) is 9.97 Å². The highest BCUT2D eigenvalue weighted by atomic mass is 16.3. The number of aromatic hydroxyl groups is 1. The molecule has 2 fully saturated rings. The van der Waals surface area contributed by atoms with E-state index in [0.29, 0.717) is 22.9 Å². The zero-order chi connectivity index (χ0) is 24.9. The van der Waals surface area contributed by atoms with E-state index >= 15 is 0 Å². The largest absolute Gasteiger partial charge is 0.507 e. The summed E-state index contributed by atoms with van der Waals surface area (Å²) in [5.74, 6) is 8.39. The summed E-state index contributed by atoms with van der Waals surface area (Å²) in [7, 11) is 0. The number of anilines is 3. The van der Waals surface area contributed by atoms with Gasteiger partial charge in [-0.1, -0.05) is 24.5 Å². The summed E-state index contributed by atoms with van der Waals surface area (Å²) in [6.45, 7) is 7.48. The second-order valence-corrected chi connectivity index (χ2v) is 9.38. The number of aromatic nitrogens is 4. The molecule has 0 bridgehead atoms. The summed E-state index contributed by atoms with van der Waals surface area (Å²) in [5, 5.41) is 18.6. The summed E-state index contributed by atoms with van der Waals surface area (Å²) in [6, 6.07) is 11.1. The number of piperidine rings is 1. The lowest BCUT2D eigenvalue weighted by molar-refractivity contribution is 0.255. The molecule has 2 aromatic heterocycles. The molecule has 2 aliphatic rings. The molecule has 0 aliphatic carbocycles. The molecule has 4 heterocycles. The van der Waals surface area contributed by atoms with Crippen molar-refractivity contribution in [3.05, 3.63) is 48.4 Å². The van der Waals surface area contributed by atoms with Crippen LogP contribution in [0, 0.1) is 11.8 Å². The highest BCUT2D eigenvalue weighted by Crippen LogP contribution is 2.33. The molecule has 3 aromatic rings. The molecule has 9 nitrogen and oxygen atoms in total. The number of nitrogens with two attached hydrogens (primary N) is 1. The van der Waals surface area contributed by atoms with Gasteiger partial charge in [-0.15, -0.1) is 10.2 Å². The first-order chi connectivity index (χ1) is 17.6. The SMILES string of the molecule is C[C@H]1CN(c2ccnc(C#CCN3CCCCC3)n2)CCN1c1cc(-c2ccccc2O)nnc1N. The Balaban J connectivity index is 1.28. The molecule has 0 spiro atoms. The third kappa shape index (κ3) is 5.34. The number of phenols is 1. The molecule has 0 amide bonds. The van der Waals surface area contributed by atoms with E-state index in [2.05, 4.69) is 48.6 Å². The van der Waals surface area contributed by atoms with Gasteiger partial charge in [0.2, 0.25) is 5.82 Å². The van der Waals surface area contributed by atoms with Crippen molar-refractivity contribution >= 4 is 17.3 Å². The van der Waals surface area contributed by atoms with Crippen LogP contribution in [0.5, 0.6) is 5.75 Å². The van der Waals surface area contributed by atoms with Gasteiger partial charge >= 0.3 is 0 Å². The Morgan fingerprint density at radius 1 is 1.06 bits per heavy atom. The summed E-state index contributed by atoms with van der Waals surface area (Å²) < 4.78 is 0. The van der Waals surface area contributed by atoms with E-state index in [9.17, 15) is 5.11 Å². The van der Waals surface area contributed by atoms with E-state index in [1.165, 1.54) is 19.3 Å². The fourth-order valence-electron chi connectivity index (χ4n) is 4.90.